The molecule has 2 rings (SSSR count). The Morgan fingerprint density at radius 1 is 1.26 bits per heavy atom. The van der Waals surface area contributed by atoms with Crippen molar-refractivity contribution in [2.24, 2.45) is 5.92 Å². The predicted octanol–water partition coefficient (Wildman–Crippen LogP) is 2.98. The van der Waals surface area contributed by atoms with Gasteiger partial charge in [-0.3, -0.25) is 0 Å². The van der Waals surface area contributed by atoms with Crippen molar-refractivity contribution in [1.82, 2.24) is 14.9 Å². The summed E-state index contributed by atoms with van der Waals surface area (Å²) in [5.41, 5.74) is 0. The number of hydrogen-bond acceptors (Lipinski definition) is 2. The third kappa shape index (κ3) is 4.23. The number of rotatable bonds is 5. The lowest BCUT2D eigenvalue weighted by molar-refractivity contribution is -0.188. The number of halogens is 3. The zero-order chi connectivity index (χ0) is 13.7. The van der Waals surface area contributed by atoms with Gasteiger partial charge in [0.25, 0.3) is 0 Å². The van der Waals surface area contributed by atoms with E-state index >= 15 is 0 Å². The van der Waals surface area contributed by atoms with Crippen LogP contribution in [0.15, 0.2) is 18.7 Å². The van der Waals surface area contributed by atoms with E-state index in [9.17, 15) is 13.2 Å². The minimum absolute atomic E-state index is 0.267. The predicted molar refractivity (Wildman–Crippen MR) is 66.6 cm³/mol. The largest absolute Gasteiger partial charge is 0.393 e. The van der Waals surface area contributed by atoms with Crippen molar-refractivity contribution in [3.8, 4) is 0 Å². The van der Waals surface area contributed by atoms with E-state index in [2.05, 4.69) is 10.3 Å². The van der Waals surface area contributed by atoms with Crippen molar-refractivity contribution in [2.75, 3.05) is 6.54 Å². The molecule has 1 aromatic rings. The summed E-state index contributed by atoms with van der Waals surface area (Å²) in [6, 6.07) is -0.406. The van der Waals surface area contributed by atoms with Crippen LogP contribution in [0.3, 0.4) is 0 Å². The molecule has 0 radical (unpaired) electrons. The Kier molecular flexibility index (Phi) is 4.85. The first-order valence-corrected chi connectivity index (χ1v) is 6.83. The molecule has 1 saturated carbocycles. The maximum absolute atomic E-state index is 12.9. The molecule has 108 valence electrons. The van der Waals surface area contributed by atoms with Gasteiger partial charge < -0.3 is 9.88 Å². The molecule has 1 N–H and O–H groups in total. The molecular formula is C13H20F3N3. The molecule has 0 saturated heterocycles. The molecule has 19 heavy (non-hydrogen) atoms. The van der Waals surface area contributed by atoms with Crippen LogP contribution in [-0.4, -0.2) is 28.3 Å². The number of aryl methyl sites for hydroxylation is 1. The van der Waals surface area contributed by atoms with E-state index in [4.69, 9.17) is 0 Å². The molecule has 2 atom stereocenters. The number of alkyl halides is 3. The van der Waals surface area contributed by atoms with E-state index in [0.717, 1.165) is 19.4 Å². The fourth-order valence-corrected chi connectivity index (χ4v) is 2.74. The van der Waals surface area contributed by atoms with Crippen LogP contribution in [0, 0.1) is 5.92 Å². The fourth-order valence-electron chi connectivity index (χ4n) is 2.74. The summed E-state index contributed by atoms with van der Waals surface area (Å²) in [4.78, 5) is 3.93. The number of hydrogen-bond donors (Lipinski definition) is 1. The molecule has 1 aliphatic carbocycles. The Hall–Kier alpha value is -1.04. The van der Waals surface area contributed by atoms with Crippen molar-refractivity contribution in [2.45, 2.75) is 50.9 Å². The molecule has 6 heteroatoms. The van der Waals surface area contributed by atoms with Crippen molar-refractivity contribution >= 4 is 0 Å². The topological polar surface area (TPSA) is 29.9 Å². The summed E-state index contributed by atoms with van der Waals surface area (Å²) in [6.45, 7) is 1.41. The normalized spacial score (nSPS) is 24.6. The number of nitrogens with one attached hydrogen (secondary N) is 1. The lowest BCUT2D eigenvalue weighted by Gasteiger charge is -2.33. The van der Waals surface area contributed by atoms with Crippen molar-refractivity contribution < 1.29 is 13.2 Å². The highest BCUT2D eigenvalue weighted by Crippen LogP contribution is 2.37. The molecule has 0 spiro atoms. The van der Waals surface area contributed by atoms with Crippen LogP contribution >= 0.6 is 0 Å². The maximum atomic E-state index is 12.9. The molecule has 0 bridgehead atoms. The van der Waals surface area contributed by atoms with Gasteiger partial charge in [-0.1, -0.05) is 12.8 Å². The quantitative estimate of drug-likeness (QED) is 0.837. The van der Waals surface area contributed by atoms with Gasteiger partial charge in [0.2, 0.25) is 0 Å². The third-order valence-corrected chi connectivity index (χ3v) is 3.75. The Morgan fingerprint density at radius 2 is 2.05 bits per heavy atom. The lowest BCUT2D eigenvalue weighted by Crippen LogP contribution is -2.45. The summed E-state index contributed by atoms with van der Waals surface area (Å²) < 4.78 is 40.5. The van der Waals surface area contributed by atoms with E-state index in [1.165, 1.54) is 0 Å². The van der Waals surface area contributed by atoms with Crippen LogP contribution < -0.4 is 5.32 Å². The van der Waals surface area contributed by atoms with Crippen molar-refractivity contribution in [1.29, 1.82) is 0 Å². The van der Waals surface area contributed by atoms with E-state index in [-0.39, 0.29) is 6.42 Å². The van der Waals surface area contributed by atoms with Crippen LogP contribution in [0.4, 0.5) is 13.2 Å². The fraction of sp³-hybridized carbons (Fsp3) is 0.769. The minimum Gasteiger partial charge on any atom is -0.337 e. The van der Waals surface area contributed by atoms with E-state index in [0.29, 0.717) is 19.4 Å². The average Bonchev–Trinajstić information content (AvgIpc) is 2.87. The molecule has 1 aliphatic rings. The van der Waals surface area contributed by atoms with Gasteiger partial charge in [-0.05, 0) is 25.8 Å². The summed E-state index contributed by atoms with van der Waals surface area (Å²) in [5, 5.41) is 3.09. The molecule has 2 unspecified atom stereocenters. The van der Waals surface area contributed by atoms with E-state index < -0.39 is 18.1 Å². The van der Waals surface area contributed by atoms with Crippen molar-refractivity contribution in [3.05, 3.63) is 18.7 Å². The highest BCUT2D eigenvalue weighted by atomic mass is 19.4. The molecule has 0 amide bonds. The number of imidazole rings is 1. The Morgan fingerprint density at radius 3 is 2.74 bits per heavy atom. The van der Waals surface area contributed by atoms with Crippen molar-refractivity contribution in [3.63, 3.8) is 0 Å². The van der Waals surface area contributed by atoms with Crippen LogP contribution in [-0.2, 0) is 6.54 Å². The van der Waals surface area contributed by atoms with Crippen LogP contribution in [0.1, 0.15) is 32.1 Å². The summed E-state index contributed by atoms with van der Waals surface area (Å²) >= 11 is 0. The monoisotopic (exact) mass is 275 g/mol. The zero-order valence-electron chi connectivity index (χ0n) is 10.9. The smallest absolute Gasteiger partial charge is 0.337 e. The zero-order valence-corrected chi connectivity index (χ0v) is 10.9. The first kappa shape index (κ1) is 14.4. The second-order valence-corrected chi connectivity index (χ2v) is 5.15. The Balaban J connectivity index is 1.74. The van der Waals surface area contributed by atoms with Gasteiger partial charge in [-0.15, -0.1) is 0 Å². The van der Waals surface area contributed by atoms with Gasteiger partial charge in [0.1, 0.15) is 0 Å². The highest BCUT2D eigenvalue weighted by Gasteiger charge is 2.45. The average molecular weight is 275 g/mol. The van der Waals surface area contributed by atoms with Gasteiger partial charge in [0.15, 0.2) is 0 Å². The first-order chi connectivity index (χ1) is 9.07. The third-order valence-electron chi connectivity index (χ3n) is 3.75. The molecule has 3 nitrogen and oxygen atoms in total. The lowest BCUT2D eigenvalue weighted by atomic mass is 9.84. The molecular weight excluding hydrogens is 255 g/mol. The Labute approximate surface area is 111 Å². The second kappa shape index (κ2) is 6.41. The minimum atomic E-state index is -4.07. The summed E-state index contributed by atoms with van der Waals surface area (Å²) in [7, 11) is 0. The number of aromatic nitrogens is 2. The highest BCUT2D eigenvalue weighted by molar-refractivity contribution is 4.85. The summed E-state index contributed by atoms with van der Waals surface area (Å²) in [5.74, 6) is -1.17. The van der Waals surface area contributed by atoms with Crippen LogP contribution in [0.25, 0.3) is 0 Å². The molecule has 1 heterocycles. The molecule has 0 aromatic carbocycles. The van der Waals surface area contributed by atoms with Gasteiger partial charge in [0, 0.05) is 25.0 Å². The van der Waals surface area contributed by atoms with E-state index in [1.807, 2.05) is 10.8 Å². The van der Waals surface area contributed by atoms with Crippen LogP contribution in [0.5, 0.6) is 0 Å². The molecule has 0 aliphatic heterocycles. The second-order valence-electron chi connectivity index (χ2n) is 5.15. The van der Waals surface area contributed by atoms with Gasteiger partial charge in [-0.2, -0.15) is 13.2 Å². The number of nitrogens with zero attached hydrogens (tertiary/aromatic N) is 2. The van der Waals surface area contributed by atoms with E-state index in [1.54, 1.807) is 12.5 Å². The Bertz CT molecular complexity index is 362. The maximum Gasteiger partial charge on any atom is 0.393 e. The van der Waals surface area contributed by atoms with Gasteiger partial charge in [-0.25, -0.2) is 4.98 Å². The van der Waals surface area contributed by atoms with Crippen LogP contribution in [0.2, 0.25) is 0 Å². The SMILES string of the molecule is FC(F)(F)C1CCCCC1NCCCn1ccnc1. The first-order valence-electron chi connectivity index (χ1n) is 6.83. The standard InChI is InChI=1S/C13H20F3N3/c14-13(15,16)11-4-1-2-5-12(11)18-6-3-8-19-9-7-17-10-19/h7,9-12,18H,1-6,8H2. The molecule has 1 fully saturated rings. The molecule has 1 aromatic heterocycles. The summed E-state index contributed by atoms with van der Waals surface area (Å²) in [6.07, 6.45) is 4.52. The van der Waals surface area contributed by atoms with Gasteiger partial charge >= 0.3 is 6.18 Å². The van der Waals surface area contributed by atoms with Gasteiger partial charge in [0.05, 0.1) is 12.2 Å².